The molecule has 0 aliphatic heterocycles. The number of carbonyl (C=O) groups excluding carboxylic acids is 3. The average molecular weight is 321 g/mol. The van der Waals surface area contributed by atoms with Gasteiger partial charge in [-0.2, -0.15) is 0 Å². The Morgan fingerprint density at radius 2 is 1.78 bits per heavy atom. The highest BCUT2D eigenvalue weighted by atomic mass is 16.6. The van der Waals surface area contributed by atoms with E-state index in [-0.39, 0.29) is 18.4 Å². The van der Waals surface area contributed by atoms with Gasteiger partial charge in [0.15, 0.2) is 0 Å². The lowest BCUT2D eigenvalue weighted by Gasteiger charge is -2.27. The summed E-state index contributed by atoms with van der Waals surface area (Å²) in [6.45, 7) is 5.10. The Morgan fingerprint density at radius 1 is 1.22 bits per heavy atom. The van der Waals surface area contributed by atoms with Crippen molar-refractivity contribution in [1.29, 1.82) is 0 Å². The molecule has 1 aromatic carbocycles. The van der Waals surface area contributed by atoms with Gasteiger partial charge in [0.25, 0.3) is 0 Å². The summed E-state index contributed by atoms with van der Waals surface area (Å²) in [7, 11) is 1.48. The molecule has 0 radical (unpaired) electrons. The van der Waals surface area contributed by atoms with E-state index in [2.05, 4.69) is 5.32 Å². The minimum atomic E-state index is -0.718. The number of likely N-dealkylation sites (N-methyl/N-ethyl adjacent to an activating group) is 1. The van der Waals surface area contributed by atoms with Gasteiger partial charge in [-0.15, -0.1) is 0 Å². The third kappa shape index (κ3) is 5.61. The minimum absolute atomic E-state index is 0.0626. The molecule has 0 fully saturated rings. The molecular weight excluding hydrogens is 298 g/mol. The Bertz CT molecular complexity index is 569. The lowest BCUT2D eigenvalue weighted by atomic mass is 10.0. The van der Waals surface area contributed by atoms with E-state index in [1.807, 2.05) is 0 Å². The smallest absolute Gasteiger partial charge is 0.410 e. The van der Waals surface area contributed by atoms with Gasteiger partial charge in [-0.3, -0.25) is 14.5 Å². The number of hydrogen-bond donors (Lipinski definition) is 2. The second kappa shape index (κ2) is 8.17. The van der Waals surface area contributed by atoms with Crippen LogP contribution in [0.5, 0.6) is 0 Å². The van der Waals surface area contributed by atoms with Crippen LogP contribution in [-0.2, 0) is 20.9 Å². The molecule has 1 aromatic rings. The van der Waals surface area contributed by atoms with E-state index in [9.17, 15) is 14.4 Å². The zero-order valence-electron chi connectivity index (χ0n) is 13.8. The molecule has 0 bridgehead atoms. The molecular formula is C16H23N3O4. The third-order valence-corrected chi connectivity index (χ3v) is 3.26. The Kier molecular flexibility index (Phi) is 6.56. The largest absolute Gasteiger partial charge is 0.445 e. The first-order valence-electron chi connectivity index (χ1n) is 7.27. The zero-order valence-corrected chi connectivity index (χ0v) is 13.8. The van der Waals surface area contributed by atoms with Crippen molar-refractivity contribution >= 4 is 23.6 Å². The number of hydrogen-bond acceptors (Lipinski definition) is 4. The zero-order chi connectivity index (χ0) is 17.6. The summed E-state index contributed by atoms with van der Waals surface area (Å²) in [6, 6.07) is 6.20. The molecule has 0 unspecified atom stereocenters. The Morgan fingerprint density at radius 3 is 2.22 bits per heavy atom. The van der Waals surface area contributed by atoms with Gasteiger partial charge in [0.1, 0.15) is 12.6 Å². The summed E-state index contributed by atoms with van der Waals surface area (Å²) in [5.41, 5.74) is 6.75. The number of nitrogens with zero attached hydrogens (tertiary/aromatic N) is 1. The Hall–Kier alpha value is -2.57. The fourth-order valence-electron chi connectivity index (χ4n) is 2.21. The molecule has 1 atom stereocenters. The van der Waals surface area contributed by atoms with Crippen LogP contribution in [0.2, 0.25) is 0 Å². The van der Waals surface area contributed by atoms with Gasteiger partial charge in [0, 0.05) is 19.7 Å². The van der Waals surface area contributed by atoms with Crippen LogP contribution < -0.4 is 11.1 Å². The summed E-state index contributed by atoms with van der Waals surface area (Å²) < 4.78 is 5.18. The molecule has 0 aliphatic rings. The van der Waals surface area contributed by atoms with Crippen molar-refractivity contribution < 1.29 is 19.1 Å². The van der Waals surface area contributed by atoms with Crippen molar-refractivity contribution in [3.63, 3.8) is 0 Å². The molecule has 3 amide bonds. The number of anilines is 1. The van der Waals surface area contributed by atoms with Gasteiger partial charge in [-0.25, -0.2) is 4.79 Å². The molecule has 3 N–H and O–H groups in total. The summed E-state index contributed by atoms with van der Waals surface area (Å²) in [5.74, 6) is -0.835. The first-order chi connectivity index (χ1) is 10.7. The third-order valence-electron chi connectivity index (χ3n) is 3.26. The molecule has 126 valence electrons. The van der Waals surface area contributed by atoms with Crippen molar-refractivity contribution in [2.75, 3.05) is 12.4 Å². The first-order valence-corrected chi connectivity index (χ1v) is 7.27. The number of nitrogens with one attached hydrogen (secondary N) is 1. The van der Waals surface area contributed by atoms with Crippen molar-refractivity contribution in [3.8, 4) is 0 Å². The van der Waals surface area contributed by atoms with E-state index in [1.54, 1.807) is 38.1 Å². The van der Waals surface area contributed by atoms with E-state index >= 15 is 0 Å². The monoisotopic (exact) mass is 321 g/mol. The maximum absolute atomic E-state index is 12.0. The molecule has 23 heavy (non-hydrogen) atoms. The van der Waals surface area contributed by atoms with Crippen LogP contribution in [0.1, 0.15) is 26.3 Å². The van der Waals surface area contributed by atoms with Gasteiger partial charge < -0.3 is 15.8 Å². The normalized spacial score (nSPS) is 11.7. The standard InChI is InChI=1S/C16H23N3O4/c1-10(2)14(15(17)21)19(4)16(22)23-9-12-5-7-13(8-6-12)18-11(3)20/h5-8,10,14H,9H2,1-4H3,(H2,17,21)(H,18,20)/t14-/m0/s1. The van der Waals surface area contributed by atoms with Crippen LogP contribution in [0.15, 0.2) is 24.3 Å². The average Bonchev–Trinajstić information content (AvgIpc) is 2.44. The molecule has 0 saturated carbocycles. The van der Waals surface area contributed by atoms with Gasteiger partial charge in [-0.05, 0) is 23.6 Å². The van der Waals surface area contributed by atoms with Crippen LogP contribution in [0.25, 0.3) is 0 Å². The Balaban J connectivity index is 2.61. The maximum atomic E-state index is 12.0. The lowest BCUT2D eigenvalue weighted by Crippen LogP contribution is -2.48. The molecule has 0 aromatic heterocycles. The summed E-state index contributed by atoms with van der Waals surface area (Å²) in [6.07, 6.45) is -0.617. The highest BCUT2D eigenvalue weighted by molar-refractivity contribution is 5.88. The summed E-state index contributed by atoms with van der Waals surface area (Å²) in [5, 5.41) is 2.65. The van der Waals surface area contributed by atoms with Gasteiger partial charge >= 0.3 is 6.09 Å². The predicted molar refractivity (Wildman–Crippen MR) is 86.5 cm³/mol. The van der Waals surface area contributed by atoms with E-state index in [0.717, 1.165) is 5.56 Å². The predicted octanol–water partition coefficient (Wildman–Crippen LogP) is 1.72. The van der Waals surface area contributed by atoms with E-state index in [1.165, 1.54) is 18.9 Å². The number of benzene rings is 1. The number of primary amides is 1. The summed E-state index contributed by atoms with van der Waals surface area (Å²) in [4.78, 5) is 35.6. The topological polar surface area (TPSA) is 102 Å². The number of nitrogens with two attached hydrogens (primary N) is 1. The molecule has 0 heterocycles. The number of amides is 3. The highest BCUT2D eigenvalue weighted by Crippen LogP contribution is 2.13. The molecule has 1 rings (SSSR count). The van der Waals surface area contributed by atoms with E-state index in [4.69, 9.17) is 10.5 Å². The van der Waals surface area contributed by atoms with Crippen LogP contribution in [-0.4, -0.2) is 35.9 Å². The van der Waals surface area contributed by atoms with Gasteiger partial charge in [0.05, 0.1) is 0 Å². The van der Waals surface area contributed by atoms with Crippen LogP contribution >= 0.6 is 0 Å². The van der Waals surface area contributed by atoms with Crippen molar-refractivity contribution in [3.05, 3.63) is 29.8 Å². The fraction of sp³-hybridized carbons (Fsp3) is 0.438. The summed E-state index contributed by atoms with van der Waals surface area (Å²) >= 11 is 0. The fourth-order valence-corrected chi connectivity index (χ4v) is 2.21. The van der Waals surface area contributed by atoms with Gasteiger partial charge in [-0.1, -0.05) is 26.0 Å². The highest BCUT2D eigenvalue weighted by Gasteiger charge is 2.28. The number of ether oxygens (including phenoxy) is 1. The second-order valence-electron chi connectivity index (χ2n) is 5.63. The van der Waals surface area contributed by atoms with Crippen LogP contribution in [0.4, 0.5) is 10.5 Å². The molecule has 0 spiro atoms. The molecule has 0 aliphatic carbocycles. The minimum Gasteiger partial charge on any atom is -0.445 e. The first kappa shape index (κ1) is 18.5. The molecule has 0 saturated heterocycles. The molecule has 7 heteroatoms. The maximum Gasteiger partial charge on any atom is 0.410 e. The quantitative estimate of drug-likeness (QED) is 0.833. The number of carbonyl (C=O) groups is 3. The lowest BCUT2D eigenvalue weighted by molar-refractivity contribution is -0.123. The number of rotatable bonds is 6. The van der Waals surface area contributed by atoms with E-state index < -0.39 is 18.0 Å². The second-order valence-corrected chi connectivity index (χ2v) is 5.63. The van der Waals surface area contributed by atoms with Crippen molar-refractivity contribution in [2.45, 2.75) is 33.4 Å². The van der Waals surface area contributed by atoms with Crippen LogP contribution in [0.3, 0.4) is 0 Å². The van der Waals surface area contributed by atoms with Gasteiger partial charge in [0.2, 0.25) is 11.8 Å². The van der Waals surface area contributed by atoms with E-state index in [0.29, 0.717) is 5.69 Å². The Labute approximate surface area is 135 Å². The van der Waals surface area contributed by atoms with Crippen molar-refractivity contribution in [1.82, 2.24) is 4.90 Å². The van der Waals surface area contributed by atoms with Crippen LogP contribution in [0, 0.1) is 5.92 Å². The SMILES string of the molecule is CC(=O)Nc1ccc(COC(=O)N(C)[C@H](C(N)=O)C(C)C)cc1. The molecule has 7 nitrogen and oxygen atoms in total. The van der Waals surface area contributed by atoms with Crippen molar-refractivity contribution in [2.24, 2.45) is 11.7 Å².